The molecule has 0 fully saturated rings. The van der Waals surface area contributed by atoms with Crippen LogP contribution in [0.1, 0.15) is 83.5 Å². The summed E-state index contributed by atoms with van der Waals surface area (Å²) >= 11 is 4.05. The molecule has 0 heterocycles. The topological polar surface area (TPSA) is 224 Å². The number of rotatable bonds is 41. The summed E-state index contributed by atoms with van der Waals surface area (Å²) in [6.07, 6.45) is 8.84. The van der Waals surface area contributed by atoms with Gasteiger partial charge >= 0.3 is 22.0 Å². The number of ether oxygens (including phenoxy) is 6. The van der Waals surface area contributed by atoms with Gasteiger partial charge < -0.3 is 43.5 Å². The van der Waals surface area contributed by atoms with Crippen LogP contribution in [0.4, 0.5) is 0 Å². The number of Topliss-reactive ketones (excluding diaryl/α,β-unsaturated/α-hetero) is 1. The Morgan fingerprint density at radius 2 is 1.06 bits per heavy atom. The Kier molecular flexibility index (Phi) is 37.4. The molecule has 2 atom stereocenters. The second-order valence-corrected chi connectivity index (χ2v) is 13.9. The molecule has 0 rings (SSSR count). The summed E-state index contributed by atoms with van der Waals surface area (Å²) in [4.78, 5) is 55.2. The van der Waals surface area contributed by atoms with Crippen molar-refractivity contribution in [2.75, 3.05) is 105 Å². The Morgan fingerprint density at radius 3 is 1.62 bits per heavy atom. The summed E-state index contributed by atoms with van der Waals surface area (Å²) in [6, 6.07) is 0. The van der Waals surface area contributed by atoms with Crippen molar-refractivity contribution < 1.29 is 75.3 Å². The largest absolute Gasteiger partial charge is 0.566 e. The standard InChI is InChI=1S/C32H61NO16P2S/c34-30(13-29-52)10-6-3-4-7-11-31(35)33-14-16-46-32(36)12-8-2-1-5-9-15-48-51(39,40)49-28-26-45-24-22-43-20-18-41-17-19-42-21-23-44-25-27-47-50(37)38/h52H,1-29H2,(H,33,35)(H,39,40). The minimum absolute atomic E-state index is 0.0190. The third-order valence-corrected chi connectivity index (χ3v) is 8.50. The van der Waals surface area contributed by atoms with Crippen LogP contribution >= 0.6 is 28.7 Å². The van der Waals surface area contributed by atoms with E-state index in [1.54, 1.807) is 0 Å². The normalized spacial score (nSPS) is 12.8. The molecule has 0 aromatic rings. The third-order valence-electron chi connectivity index (χ3n) is 6.86. The quantitative estimate of drug-likeness (QED) is 0.0348. The van der Waals surface area contributed by atoms with Crippen LogP contribution in [-0.2, 0) is 65.5 Å². The maximum Gasteiger partial charge on any atom is 0.488 e. The van der Waals surface area contributed by atoms with Crippen molar-refractivity contribution in [3.05, 3.63) is 0 Å². The van der Waals surface area contributed by atoms with Gasteiger partial charge in [-0.1, -0.05) is 32.1 Å². The zero-order valence-electron chi connectivity index (χ0n) is 30.4. The van der Waals surface area contributed by atoms with Gasteiger partial charge in [-0.05, 0) is 36.0 Å². The summed E-state index contributed by atoms with van der Waals surface area (Å²) in [6.45, 7) is 3.40. The van der Waals surface area contributed by atoms with Crippen LogP contribution in [0.3, 0.4) is 0 Å². The Hall–Kier alpha value is -1.11. The van der Waals surface area contributed by atoms with Crippen LogP contribution in [-0.4, -0.2) is 127 Å². The van der Waals surface area contributed by atoms with Crippen LogP contribution in [0.5, 0.6) is 0 Å². The number of nitrogens with one attached hydrogen (secondary N) is 1. The third kappa shape index (κ3) is 40.1. The average Bonchev–Trinajstić information content (AvgIpc) is 3.10. The number of hydrogen-bond donors (Lipinski definition) is 3. The number of hydrogen-bond acceptors (Lipinski definition) is 16. The highest BCUT2D eigenvalue weighted by Crippen LogP contribution is 2.43. The van der Waals surface area contributed by atoms with Gasteiger partial charge in [-0.15, -0.1) is 4.52 Å². The van der Waals surface area contributed by atoms with Crippen molar-refractivity contribution >= 4 is 46.4 Å². The lowest BCUT2D eigenvalue weighted by atomic mass is 10.1. The molecule has 17 nitrogen and oxygen atoms in total. The van der Waals surface area contributed by atoms with Crippen molar-refractivity contribution in [3.63, 3.8) is 0 Å². The number of ketones is 1. The molecule has 0 aliphatic rings. The molecule has 1 amide bonds. The summed E-state index contributed by atoms with van der Waals surface area (Å²) in [5.74, 6) is 0.429. The molecular weight excluding hydrogens is 748 g/mol. The van der Waals surface area contributed by atoms with Crippen LogP contribution in [0, 0.1) is 0 Å². The Bertz CT molecular complexity index is 952. The molecule has 0 aromatic heterocycles. The Morgan fingerprint density at radius 1 is 0.596 bits per heavy atom. The van der Waals surface area contributed by atoms with Gasteiger partial charge in [0.1, 0.15) is 19.0 Å². The highest BCUT2D eigenvalue weighted by molar-refractivity contribution is 7.80. The molecule has 0 radical (unpaired) electrons. The molecule has 2 N–H and O–H groups in total. The summed E-state index contributed by atoms with van der Waals surface area (Å²) < 4.78 is 68.0. The van der Waals surface area contributed by atoms with Gasteiger partial charge in [-0.3, -0.25) is 23.4 Å². The number of thiol groups is 1. The van der Waals surface area contributed by atoms with Gasteiger partial charge in [0.25, 0.3) is 0 Å². The smallest absolute Gasteiger partial charge is 0.488 e. The minimum Gasteiger partial charge on any atom is -0.566 e. The molecule has 0 bridgehead atoms. The number of carbonyl (C=O) groups is 3. The van der Waals surface area contributed by atoms with E-state index in [9.17, 15) is 33.3 Å². The first kappa shape index (κ1) is 50.9. The van der Waals surface area contributed by atoms with Crippen LogP contribution in [0.15, 0.2) is 0 Å². The Balaban J connectivity index is 3.43. The van der Waals surface area contributed by atoms with E-state index in [1.807, 2.05) is 0 Å². The van der Waals surface area contributed by atoms with Crippen molar-refractivity contribution in [3.8, 4) is 0 Å². The van der Waals surface area contributed by atoms with E-state index >= 15 is 0 Å². The fourth-order valence-corrected chi connectivity index (χ4v) is 5.42. The molecule has 0 spiro atoms. The first-order valence-corrected chi connectivity index (χ1v) is 21.2. The van der Waals surface area contributed by atoms with Gasteiger partial charge in [0.05, 0.1) is 85.8 Å². The summed E-state index contributed by atoms with van der Waals surface area (Å²) in [7, 11) is -7.01. The van der Waals surface area contributed by atoms with Crippen LogP contribution in [0.25, 0.3) is 0 Å². The van der Waals surface area contributed by atoms with Crippen molar-refractivity contribution in [2.45, 2.75) is 83.5 Å². The predicted octanol–water partition coefficient (Wildman–Crippen LogP) is 3.47. The van der Waals surface area contributed by atoms with Crippen LogP contribution in [0.2, 0.25) is 0 Å². The lowest BCUT2D eigenvalue weighted by molar-refractivity contribution is -0.186. The molecule has 0 saturated carbocycles. The second kappa shape index (κ2) is 38.2. The van der Waals surface area contributed by atoms with Gasteiger partial charge in [0.15, 0.2) is 0 Å². The van der Waals surface area contributed by atoms with E-state index in [2.05, 4.69) is 22.5 Å². The molecule has 20 heteroatoms. The van der Waals surface area contributed by atoms with E-state index < -0.39 is 16.1 Å². The zero-order valence-corrected chi connectivity index (χ0v) is 33.1. The molecule has 0 aliphatic heterocycles. The fraction of sp³-hybridized carbons (Fsp3) is 0.906. The molecule has 0 saturated heterocycles. The summed E-state index contributed by atoms with van der Waals surface area (Å²) in [5, 5.41) is 2.74. The fourth-order valence-electron chi connectivity index (χ4n) is 4.21. The van der Waals surface area contributed by atoms with Gasteiger partial charge in [-0.25, -0.2) is 4.57 Å². The minimum atomic E-state index is -4.17. The zero-order chi connectivity index (χ0) is 38.4. The SMILES string of the molecule is O=C(CCS)CCCCCCC(=O)NCCOC(=O)CCCCCCCOP(=O)(O)OCCOCCOCCOCCOCCOCCO[P+](=O)[O-]. The first-order valence-electron chi connectivity index (χ1n) is 18.0. The van der Waals surface area contributed by atoms with Gasteiger partial charge in [-0.2, -0.15) is 12.6 Å². The van der Waals surface area contributed by atoms with Crippen LogP contribution < -0.4 is 10.2 Å². The second-order valence-electron chi connectivity index (χ2n) is 11.3. The number of esters is 1. The van der Waals surface area contributed by atoms with Crippen molar-refractivity contribution in [1.82, 2.24) is 5.32 Å². The van der Waals surface area contributed by atoms with E-state index in [0.717, 1.165) is 44.9 Å². The number of phosphoric ester groups is 1. The molecule has 306 valence electrons. The number of amides is 1. The highest BCUT2D eigenvalue weighted by Gasteiger charge is 2.20. The molecule has 52 heavy (non-hydrogen) atoms. The Labute approximate surface area is 314 Å². The molecule has 0 aromatic carbocycles. The van der Waals surface area contributed by atoms with E-state index in [0.29, 0.717) is 84.1 Å². The van der Waals surface area contributed by atoms with Crippen molar-refractivity contribution in [1.29, 1.82) is 0 Å². The molecule has 0 aliphatic carbocycles. The summed E-state index contributed by atoms with van der Waals surface area (Å²) in [5.41, 5.74) is 0. The van der Waals surface area contributed by atoms with E-state index in [4.69, 9.17) is 37.5 Å². The predicted molar refractivity (Wildman–Crippen MR) is 192 cm³/mol. The average molecular weight is 810 g/mol. The molecule has 2 unspecified atom stereocenters. The monoisotopic (exact) mass is 809 g/mol. The van der Waals surface area contributed by atoms with Gasteiger partial charge in [0, 0.05) is 25.7 Å². The van der Waals surface area contributed by atoms with Crippen molar-refractivity contribution in [2.24, 2.45) is 0 Å². The van der Waals surface area contributed by atoms with Gasteiger partial charge in [0.2, 0.25) is 5.91 Å². The highest BCUT2D eigenvalue weighted by atomic mass is 32.1. The number of unbranched alkanes of at least 4 members (excludes halogenated alkanes) is 7. The first-order chi connectivity index (χ1) is 25.2. The lowest BCUT2D eigenvalue weighted by Gasteiger charge is -2.12. The number of phosphoric acid groups is 1. The van der Waals surface area contributed by atoms with E-state index in [1.165, 1.54) is 0 Å². The van der Waals surface area contributed by atoms with E-state index in [-0.39, 0.29) is 76.9 Å². The number of carbonyl (C=O) groups excluding carboxylic acids is 3. The molecular formula is C32H61NO16P2S. The maximum atomic E-state index is 12.0. The lowest BCUT2D eigenvalue weighted by Crippen LogP contribution is -2.27. The maximum absolute atomic E-state index is 12.0.